The monoisotopic (exact) mass is 446 g/mol. The Labute approximate surface area is 176 Å². The highest BCUT2D eigenvalue weighted by atomic mass is 32.2. The average molecular weight is 447 g/mol. The minimum absolute atomic E-state index is 0.0637. The highest BCUT2D eigenvalue weighted by Crippen LogP contribution is 2.30. The molecule has 0 atom stereocenters. The summed E-state index contributed by atoms with van der Waals surface area (Å²) in [6, 6.07) is 2.57. The van der Waals surface area contributed by atoms with Gasteiger partial charge in [-0.15, -0.1) is 0 Å². The van der Waals surface area contributed by atoms with Crippen molar-refractivity contribution >= 4 is 43.8 Å². The van der Waals surface area contributed by atoms with Crippen LogP contribution in [0, 0.1) is 5.92 Å². The second kappa shape index (κ2) is 8.32. The van der Waals surface area contributed by atoms with Gasteiger partial charge in [0.2, 0.25) is 5.16 Å². The van der Waals surface area contributed by atoms with Crippen molar-refractivity contribution in [3.8, 4) is 0 Å². The predicted molar refractivity (Wildman–Crippen MR) is 109 cm³/mol. The molecule has 0 unspecified atom stereocenters. The first-order valence-electron chi connectivity index (χ1n) is 9.22. The van der Waals surface area contributed by atoms with Crippen LogP contribution < -0.4 is 10.6 Å². The molecule has 0 aromatic carbocycles. The van der Waals surface area contributed by atoms with Crippen LogP contribution in [0.3, 0.4) is 0 Å². The number of imidazole rings is 1. The zero-order valence-electron chi connectivity index (χ0n) is 15.7. The van der Waals surface area contributed by atoms with Crippen molar-refractivity contribution in [3.63, 3.8) is 0 Å². The molecule has 1 saturated carbocycles. The minimum Gasteiger partial charge on any atom is -0.335 e. The largest absolute Gasteiger partial charge is 0.335 e. The molecule has 156 valence electrons. The van der Waals surface area contributed by atoms with E-state index in [-0.39, 0.29) is 31.9 Å². The van der Waals surface area contributed by atoms with Crippen molar-refractivity contribution in [1.29, 1.82) is 0 Å². The van der Waals surface area contributed by atoms with E-state index in [1.165, 1.54) is 18.6 Å². The first-order valence-corrected chi connectivity index (χ1v) is 11.5. The number of amides is 2. The number of H-pyrrole nitrogens is 1. The number of nitrogens with zero attached hydrogens (tertiary/aromatic N) is 3. The van der Waals surface area contributed by atoms with Crippen molar-refractivity contribution in [2.75, 3.05) is 10.6 Å². The van der Waals surface area contributed by atoms with Gasteiger partial charge in [0.1, 0.15) is 9.90 Å². The highest BCUT2D eigenvalue weighted by Gasteiger charge is 2.27. The first kappa shape index (κ1) is 20.2. The van der Waals surface area contributed by atoms with Crippen LogP contribution in [0.5, 0.6) is 0 Å². The first-order chi connectivity index (χ1) is 14.4. The zero-order valence-corrected chi connectivity index (χ0v) is 17.3. The lowest BCUT2D eigenvalue weighted by atomic mass is 9.99. The van der Waals surface area contributed by atoms with Crippen LogP contribution in [0.2, 0.25) is 0 Å². The van der Waals surface area contributed by atoms with Crippen LogP contribution in [0.25, 0.3) is 0 Å². The SMILES string of the molecule is O=C(Nc1ncc(S(=O)(=O)c2ncc[nH]2)s1)Nc1cccnc1C(=O)C1CCCC1. The van der Waals surface area contributed by atoms with E-state index in [4.69, 9.17) is 0 Å². The predicted octanol–water partition coefficient (Wildman–Crippen LogP) is 3.11. The Morgan fingerprint density at radius 3 is 2.63 bits per heavy atom. The number of anilines is 2. The number of ketones is 1. The maximum Gasteiger partial charge on any atom is 0.325 e. The molecular formula is C18H18N6O4S2. The molecule has 0 saturated heterocycles. The third kappa shape index (κ3) is 4.09. The molecule has 12 heteroatoms. The van der Waals surface area contributed by atoms with Crippen LogP contribution in [0.4, 0.5) is 15.6 Å². The Kier molecular flexibility index (Phi) is 5.59. The van der Waals surface area contributed by atoms with Gasteiger partial charge in [-0.05, 0) is 25.0 Å². The summed E-state index contributed by atoms with van der Waals surface area (Å²) in [5.74, 6) is -0.152. The summed E-state index contributed by atoms with van der Waals surface area (Å²) < 4.78 is 24.8. The van der Waals surface area contributed by atoms with E-state index < -0.39 is 15.9 Å². The summed E-state index contributed by atoms with van der Waals surface area (Å²) >= 11 is 0.794. The second-order valence-corrected chi connectivity index (χ2v) is 9.83. The Hall–Kier alpha value is -3.12. The summed E-state index contributed by atoms with van der Waals surface area (Å²) in [6.07, 6.45) is 9.08. The number of carbonyl (C=O) groups excluding carboxylic acids is 2. The molecule has 2 amide bonds. The molecule has 30 heavy (non-hydrogen) atoms. The summed E-state index contributed by atoms with van der Waals surface area (Å²) in [6.45, 7) is 0. The molecule has 1 aliphatic carbocycles. The number of rotatable bonds is 6. The van der Waals surface area contributed by atoms with Gasteiger partial charge in [0, 0.05) is 24.5 Å². The summed E-state index contributed by atoms with van der Waals surface area (Å²) in [7, 11) is -3.83. The summed E-state index contributed by atoms with van der Waals surface area (Å²) in [4.78, 5) is 39.5. The molecule has 3 N–H and O–H groups in total. The number of Topliss-reactive ketones (excluding diaryl/α,β-unsaturated/α-hetero) is 1. The van der Waals surface area contributed by atoms with E-state index in [9.17, 15) is 18.0 Å². The van der Waals surface area contributed by atoms with E-state index in [2.05, 4.69) is 30.6 Å². The van der Waals surface area contributed by atoms with Crippen molar-refractivity contribution < 1.29 is 18.0 Å². The highest BCUT2D eigenvalue weighted by molar-refractivity contribution is 7.93. The second-order valence-electron chi connectivity index (χ2n) is 6.71. The van der Waals surface area contributed by atoms with Crippen molar-refractivity contribution in [3.05, 3.63) is 42.6 Å². The molecule has 1 aliphatic rings. The molecule has 0 aliphatic heterocycles. The number of thiazole rings is 1. The van der Waals surface area contributed by atoms with E-state index in [1.807, 2.05) is 0 Å². The van der Waals surface area contributed by atoms with Crippen LogP contribution in [-0.4, -0.2) is 40.2 Å². The molecule has 4 rings (SSSR count). The van der Waals surface area contributed by atoms with Gasteiger partial charge >= 0.3 is 6.03 Å². The Balaban J connectivity index is 1.46. The van der Waals surface area contributed by atoms with E-state index in [0.717, 1.165) is 43.2 Å². The van der Waals surface area contributed by atoms with Gasteiger partial charge in [-0.25, -0.2) is 23.2 Å². The van der Waals surface area contributed by atoms with Crippen molar-refractivity contribution in [2.24, 2.45) is 5.92 Å². The smallest absolute Gasteiger partial charge is 0.325 e. The lowest BCUT2D eigenvalue weighted by Gasteiger charge is -2.12. The van der Waals surface area contributed by atoms with Crippen molar-refractivity contribution in [2.45, 2.75) is 35.0 Å². The lowest BCUT2D eigenvalue weighted by Crippen LogP contribution is -2.22. The van der Waals surface area contributed by atoms with Crippen LogP contribution in [0.15, 0.2) is 46.3 Å². The van der Waals surface area contributed by atoms with Gasteiger partial charge in [0.05, 0.1) is 11.9 Å². The Morgan fingerprint density at radius 2 is 1.90 bits per heavy atom. The molecule has 3 aromatic rings. The molecular weight excluding hydrogens is 428 g/mol. The van der Waals surface area contributed by atoms with Crippen LogP contribution in [0.1, 0.15) is 36.2 Å². The fourth-order valence-corrected chi connectivity index (χ4v) is 5.53. The van der Waals surface area contributed by atoms with Gasteiger partial charge in [0.25, 0.3) is 9.84 Å². The quantitative estimate of drug-likeness (QED) is 0.493. The summed E-state index contributed by atoms with van der Waals surface area (Å²) in [5, 5.41) is 4.98. The average Bonchev–Trinajstić information content (AvgIpc) is 3.50. The zero-order chi connectivity index (χ0) is 21.1. The molecule has 0 bridgehead atoms. The molecule has 1 fully saturated rings. The topological polar surface area (TPSA) is 147 Å². The number of hydrogen-bond acceptors (Lipinski definition) is 8. The van der Waals surface area contributed by atoms with Crippen LogP contribution >= 0.6 is 11.3 Å². The maximum atomic E-state index is 12.7. The molecule has 3 aromatic heterocycles. The van der Waals surface area contributed by atoms with Gasteiger partial charge in [-0.2, -0.15) is 0 Å². The lowest BCUT2D eigenvalue weighted by molar-refractivity contribution is 0.0918. The number of hydrogen-bond donors (Lipinski definition) is 3. The third-order valence-electron chi connectivity index (χ3n) is 4.71. The van der Waals surface area contributed by atoms with Gasteiger partial charge < -0.3 is 10.3 Å². The number of aromatic nitrogens is 4. The standard InChI is InChI=1S/C18H18N6O4S2/c25-15(11-4-1-2-5-11)14-12(6-3-7-19-14)23-16(26)24-17-22-10-13(29-17)30(27,28)18-20-8-9-21-18/h3,6-11H,1-2,4-5H2,(H,20,21)(H2,22,23,24,26). The van der Waals surface area contributed by atoms with E-state index in [0.29, 0.717) is 5.69 Å². The molecule has 10 nitrogen and oxygen atoms in total. The van der Waals surface area contributed by atoms with E-state index in [1.54, 1.807) is 12.1 Å². The van der Waals surface area contributed by atoms with E-state index >= 15 is 0 Å². The number of pyridine rings is 1. The van der Waals surface area contributed by atoms with Gasteiger partial charge in [-0.1, -0.05) is 24.2 Å². The summed E-state index contributed by atoms with van der Waals surface area (Å²) in [5.41, 5.74) is 0.520. The maximum absolute atomic E-state index is 12.7. The molecule has 0 spiro atoms. The molecule has 0 radical (unpaired) electrons. The number of nitrogens with one attached hydrogen (secondary N) is 3. The fourth-order valence-electron chi connectivity index (χ4n) is 3.27. The number of urea groups is 1. The Morgan fingerprint density at radius 1 is 1.10 bits per heavy atom. The normalized spacial score (nSPS) is 14.5. The minimum atomic E-state index is -3.83. The van der Waals surface area contributed by atoms with Gasteiger partial charge in [-0.3, -0.25) is 15.1 Å². The number of sulfone groups is 1. The van der Waals surface area contributed by atoms with Gasteiger partial charge in [0.15, 0.2) is 10.9 Å². The van der Waals surface area contributed by atoms with Crippen molar-refractivity contribution in [1.82, 2.24) is 19.9 Å². The molecule has 3 heterocycles. The third-order valence-corrected chi connectivity index (χ3v) is 7.70. The number of carbonyl (C=O) groups is 2. The number of aromatic amines is 1. The van der Waals surface area contributed by atoms with Crippen LogP contribution in [-0.2, 0) is 9.84 Å². The fraction of sp³-hybridized carbons (Fsp3) is 0.278. The Bertz CT molecular complexity index is 1170.